The van der Waals surface area contributed by atoms with E-state index < -0.39 is 0 Å². The third-order valence-electron chi connectivity index (χ3n) is 3.38. The first-order chi connectivity index (χ1) is 9.38. The van der Waals surface area contributed by atoms with E-state index in [4.69, 9.17) is 0 Å². The van der Waals surface area contributed by atoms with Crippen LogP contribution in [0.5, 0.6) is 0 Å². The van der Waals surface area contributed by atoms with Crippen molar-refractivity contribution in [2.45, 2.75) is 25.8 Å². The van der Waals surface area contributed by atoms with Gasteiger partial charge in [0.1, 0.15) is 0 Å². The molecule has 114 valence electrons. The second-order valence-electron chi connectivity index (χ2n) is 4.83. The Hall–Kier alpha value is -0.340. The van der Waals surface area contributed by atoms with Gasteiger partial charge in [0.2, 0.25) is 0 Å². The molecule has 1 aromatic heterocycles. The molecule has 1 fully saturated rings. The van der Waals surface area contributed by atoms with Crippen LogP contribution in [0.4, 0.5) is 0 Å². The maximum Gasteiger partial charge on any atom is 0.191 e. The summed E-state index contributed by atoms with van der Waals surface area (Å²) >= 11 is 1.77. The third kappa shape index (κ3) is 6.41. The van der Waals surface area contributed by atoms with Crippen LogP contribution in [0.1, 0.15) is 24.1 Å². The van der Waals surface area contributed by atoms with Crippen LogP contribution in [0, 0.1) is 0 Å². The number of thiophene rings is 1. The number of likely N-dealkylation sites (tertiary alicyclic amines) is 1. The molecular formula is C14H25IN4S. The number of hydrogen-bond acceptors (Lipinski definition) is 3. The number of hydrogen-bond donors (Lipinski definition) is 2. The molecule has 1 aromatic rings. The number of nitrogens with zero attached hydrogens (tertiary/aromatic N) is 2. The van der Waals surface area contributed by atoms with Gasteiger partial charge in [0.05, 0.1) is 6.54 Å². The normalized spacial score (nSPS) is 15.9. The fourth-order valence-corrected chi connectivity index (χ4v) is 2.96. The highest BCUT2D eigenvalue weighted by Gasteiger charge is 2.10. The van der Waals surface area contributed by atoms with Crippen LogP contribution in [0.2, 0.25) is 0 Å². The maximum absolute atomic E-state index is 4.24. The van der Waals surface area contributed by atoms with Crippen molar-refractivity contribution >= 4 is 41.3 Å². The van der Waals surface area contributed by atoms with Crippen LogP contribution < -0.4 is 10.6 Å². The molecule has 0 atom stereocenters. The molecule has 0 amide bonds. The van der Waals surface area contributed by atoms with Crippen LogP contribution in [0.15, 0.2) is 22.5 Å². The van der Waals surface area contributed by atoms with Crippen LogP contribution in [0.3, 0.4) is 0 Å². The van der Waals surface area contributed by atoms with E-state index in [1.807, 2.05) is 7.05 Å². The van der Waals surface area contributed by atoms with Crippen molar-refractivity contribution in [2.75, 3.05) is 33.2 Å². The van der Waals surface area contributed by atoms with Crippen LogP contribution in [-0.4, -0.2) is 44.1 Å². The van der Waals surface area contributed by atoms with Gasteiger partial charge in [0, 0.05) is 18.5 Å². The molecule has 1 aliphatic heterocycles. The van der Waals surface area contributed by atoms with Crippen molar-refractivity contribution < 1.29 is 0 Å². The smallest absolute Gasteiger partial charge is 0.191 e. The van der Waals surface area contributed by atoms with E-state index in [-0.39, 0.29) is 24.0 Å². The summed E-state index contributed by atoms with van der Waals surface area (Å²) in [5.74, 6) is 0.898. The number of halogens is 1. The Balaban J connectivity index is 0.00000200. The van der Waals surface area contributed by atoms with Crippen LogP contribution in [0.25, 0.3) is 0 Å². The van der Waals surface area contributed by atoms with Gasteiger partial charge in [-0.3, -0.25) is 4.99 Å². The Bertz CT molecular complexity index is 375. The fourth-order valence-electron chi connectivity index (χ4n) is 2.32. The van der Waals surface area contributed by atoms with Gasteiger partial charge in [0.15, 0.2) is 5.96 Å². The van der Waals surface area contributed by atoms with Crippen molar-refractivity contribution in [1.82, 2.24) is 15.5 Å². The average molecular weight is 408 g/mol. The lowest BCUT2D eigenvalue weighted by molar-refractivity contribution is 0.334. The molecule has 0 radical (unpaired) electrons. The van der Waals surface area contributed by atoms with Gasteiger partial charge in [-0.2, -0.15) is 0 Å². The van der Waals surface area contributed by atoms with Crippen molar-refractivity contribution in [3.8, 4) is 0 Å². The lowest BCUT2D eigenvalue weighted by Crippen LogP contribution is -2.38. The monoisotopic (exact) mass is 408 g/mol. The molecule has 2 heterocycles. The van der Waals surface area contributed by atoms with E-state index in [2.05, 4.69) is 38.0 Å². The molecule has 0 unspecified atom stereocenters. The van der Waals surface area contributed by atoms with Crippen molar-refractivity contribution in [2.24, 2.45) is 4.99 Å². The SMILES string of the molecule is CN=C(NCCCN1CCCC1)NCc1cccs1.I. The molecule has 0 saturated carbocycles. The zero-order valence-corrected chi connectivity index (χ0v) is 15.2. The van der Waals surface area contributed by atoms with E-state index >= 15 is 0 Å². The Kier molecular flexibility index (Phi) is 9.21. The highest BCUT2D eigenvalue weighted by Crippen LogP contribution is 2.07. The summed E-state index contributed by atoms with van der Waals surface area (Å²) in [6.45, 7) is 5.61. The molecule has 1 saturated heterocycles. The van der Waals surface area contributed by atoms with Gasteiger partial charge in [0.25, 0.3) is 0 Å². The molecule has 2 N–H and O–H groups in total. The number of guanidine groups is 1. The molecular weight excluding hydrogens is 383 g/mol. The minimum absolute atomic E-state index is 0. The summed E-state index contributed by atoms with van der Waals surface area (Å²) < 4.78 is 0. The van der Waals surface area contributed by atoms with Crippen LogP contribution >= 0.6 is 35.3 Å². The Morgan fingerprint density at radius 2 is 2.15 bits per heavy atom. The van der Waals surface area contributed by atoms with Gasteiger partial charge in [-0.15, -0.1) is 35.3 Å². The van der Waals surface area contributed by atoms with Gasteiger partial charge < -0.3 is 15.5 Å². The van der Waals surface area contributed by atoms with Crippen LogP contribution in [-0.2, 0) is 6.54 Å². The van der Waals surface area contributed by atoms with E-state index in [1.165, 1.54) is 43.8 Å². The fraction of sp³-hybridized carbons (Fsp3) is 0.643. The predicted octanol–water partition coefficient (Wildman–Crippen LogP) is 2.52. The molecule has 0 spiro atoms. The first kappa shape index (κ1) is 17.7. The minimum Gasteiger partial charge on any atom is -0.356 e. The van der Waals surface area contributed by atoms with Gasteiger partial charge >= 0.3 is 0 Å². The van der Waals surface area contributed by atoms with E-state index in [0.717, 1.165) is 19.0 Å². The average Bonchev–Trinajstić information content (AvgIpc) is 3.11. The molecule has 0 bridgehead atoms. The van der Waals surface area contributed by atoms with Crippen molar-refractivity contribution in [3.05, 3.63) is 22.4 Å². The predicted molar refractivity (Wildman–Crippen MR) is 98.2 cm³/mol. The van der Waals surface area contributed by atoms with Gasteiger partial charge in [-0.05, 0) is 50.3 Å². The second kappa shape index (κ2) is 10.4. The topological polar surface area (TPSA) is 39.7 Å². The zero-order valence-electron chi connectivity index (χ0n) is 12.1. The molecule has 2 rings (SSSR count). The maximum atomic E-state index is 4.24. The third-order valence-corrected chi connectivity index (χ3v) is 4.25. The molecule has 4 nitrogen and oxygen atoms in total. The summed E-state index contributed by atoms with van der Waals surface area (Å²) in [4.78, 5) is 8.12. The van der Waals surface area contributed by atoms with Crippen molar-refractivity contribution in [3.63, 3.8) is 0 Å². The Morgan fingerprint density at radius 1 is 1.35 bits per heavy atom. The summed E-state index contributed by atoms with van der Waals surface area (Å²) in [6.07, 6.45) is 3.93. The largest absolute Gasteiger partial charge is 0.356 e. The van der Waals surface area contributed by atoms with Crippen molar-refractivity contribution in [1.29, 1.82) is 0 Å². The standard InChI is InChI=1S/C14H24N4S.HI/c1-15-14(17-12-13-6-4-11-19-13)16-7-5-10-18-8-2-3-9-18;/h4,6,11H,2-3,5,7-10,12H2,1H3,(H2,15,16,17);1H. The first-order valence-electron chi connectivity index (χ1n) is 7.08. The minimum atomic E-state index is 0. The summed E-state index contributed by atoms with van der Waals surface area (Å²) in [5.41, 5.74) is 0. The second-order valence-corrected chi connectivity index (χ2v) is 5.87. The highest BCUT2D eigenvalue weighted by molar-refractivity contribution is 14.0. The van der Waals surface area contributed by atoms with E-state index in [9.17, 15) is 0 Å². The molecule has 0 aromatic carbocycles. The molecule has 20 heavy (non-hydrogen) atoms. The van der Waals surface area contributed by atoms with E-state index in [0.29, 0.717) is 0 Å². The molecule has 6 heteroatoms. The molecule has 1 aliphatic rings. The van der Waals surface area contributed by atoms with Gasteiger partial charge in [-0.25, -0.2) is 0 Å². The zero-order chi connectivity index (χ0) is 13.3. The number of aliphatic imine (C=N–C) groups is 1. The lowest BCUT2D eigenvalue weighted by atomic mass is 10.4. The summed E-state index contributed by atoms with van der Waals surface area (Å²) in [5, 5.41) is 8.81. The first-order valence-corrected chi connectivity index (χ1v) is 7.95. The number of nitrogens with one attached hydrogen (secondary N) is 2. The molecule has 0 aliphatic carbocycles. The lowest BCUT2D eigenvalue weighted by Gasteiger charge is -2.15. The Labute approximate surface area is 143 Å². The highest BCUT2D eigenvalue weighted by atomic mass is 127. The Morgan fingerprint density at radius 3 is 2.80 bits per heavy atom. The summed E-state index contributed by atoms with van der Waals surface area (Å²) in [7, 11) is 1.82. The van der Waals surface area contributed by atoms with E-state index in [1.54, 1.807) is 11.3 Å². The summed E-state index contributed by atoms with van der Waals surface area (Å²) in [6, 6.07) is 4.21. The quantitative estimate of drug-likeness (QED) is 0.329. The van der Waals surface area contributed by atoms with Gasteiger partial charge in [-0.1, -0.05) is 6.07 Å². The number of rotatable bonds is 6.